The number of benzene rings is 2. The topological polar surface area (TPSA) is 35.5 Å². The number of hydrogen-bond acceptors (Lipinski definition) is 3. The van der Waals surface area contributed by atoms with Gasteiger partial charge in [0.1, 0.15) is 0 Å². The molecular formula is C19H22O3Se. The number of rotatable bonds is 8. The number of methoxy groups -OCH3 is 1. The first kappa shape index (κ1) is 17.6. The summed E-state index contributed by atoms with van der Waals surface area (Å²) in [6.45, 7) is 2.28. The molecule has 0 amide bonds. The van der Waals surface area contributed by atoms with Crippen LogP contribution in [-0.4, -0.2) is 34.6 Å². The molecule has 3 nitrogen and oxygen atoms in total. The fourth-order valence-corrected chi connectivity index (χ4v) is 4.73. The van der Waals surface area contributed by atoms with E-state index in [1.54, 1.807) is 7.11 Å². The molecule has 0 N–H and O–H groups in total. The van der Waals surface area contributed by atoms with Crippen molar-refractivity contribution < 1.29 is 14.3 Å². The van der Waals surface area contributed by atoms with Crippen LogP contribution in [0.5, 0.6) is 5.75 Å². The van der Waals surface area contributed by atoms with Crippen LogP contribution >= 0.6 is 0 Å². The number of esters is 1. The van der Waals surface area contributed by atoms with Gasteiger partial charge < -0.3 is 0 Å². The summed E-state index contributed by atoms with van der Waals surface area (Å²) in [5, 5.41) is 0.982. The molecular weight excluding hydrogens is 355 g/mol. The van der Waals surface area contributed by atoms with Gasteiger partial charge in [0.15, 0.2) is 0 Å². The third-order valence-electron chi connectivity index (χ3n) is 3.44. The normalized spacial score (nSPS) is 11.7. The van der Waals surface area contributed by atoms with Crippen LogP contribution in [0.3, 0.4) is 0 Å². The molecule has 0 aliphatic carbocycles. The zero-order chi connectivity index (χ0) is 16.5. The van der Waals surface area contributed by atoms with Gasteiger partial charge in [0.05, 0.1) is 0 Å². The molecule has 4 heteroatoms. The Bertz CT molecular complexity index is 596. The fraction of sp³-hybridized carbons (Fsp3) is 0.316. The van der Waals surface area contributed by atoms with Crippen LogP contribution in [0.2, 0.25) is 0 Å². The number of carbonyl (C=O) groups is 1. The number of ether oxygens (including phenoxy) is 2. The minimum atomic E-state index is -0.113. The average Bonchev–Trinajstić information content (AvgIpc) is 2.60. The minimum absolute atomic E-state index is 0.113. The van der Waals surface area contributed by atoms with E-state index in [2.05, 4.69) is 24.3 Å². The summed E-state index contributed by atoms with van der Waals surface area (Å²) < 4.78 is 10.3. The first-order valence-electron chi connectivity index (χ1n) is 7.68. The van der Waals surface area contributed by atoms with E-state index in [1.165, 1.54) is 11.1 Å². The van der Waals surface area contributed by atoms with Crippen molar-refractivity contribution >= 4 is 20.9 Å². The van der Waals surface area contributed by atoms with Crippen molar-refractivity contribution in [1.29, 1.82) is 0 Å². The van der Waals surface area contributed by atoms with Gasteiger partial charge in [-0.15, -0.1) is 0 Å². The maximum atomic E-state index is 11.9. The zero-order valence-corrected chi connectivity index (χ0v) is 15.2. The monoisotopic (exact) mass is 378 g/mol. The molecule has 1 unspecified atom stereocenters. The van der Waals surface area contributed by atoms with Crippen LogP contribution in [0.1, 0.15) is 29.3 Å². The Labute approximate surface area is 144 Å². The summed E-state index contributed by atoms with van der Waals surface area (Å²) in [5.74, 6) is 0.755. The van der Waals surface area contributed by atoms with E-state index >= 15 is 0 Å². The van der Waals surface area contributed by atoms with Crippen molar-refractivity contribution in [3.8, 4) is 5.75 Å². The van der Waals surface area contributed by atoms with Crippen molar-refractivity contribution in [2.45, 2.75) is 23.5 Å². The fourth-order valence-electron chi connectivity index (χ4n) is 2.23. The molecule has 0 bridgehead atoms. The van der Waals surface area contributed by atoms with Crippen molar-refractivity contribution in [3.63, 3.8) is 0 Å². The molecule has 1 atom stereocenters. The van der Waals surface area contributed by atoms with E-state index in [0.717, 1.165) is 11.1 Å². The third-order valence-corrected chi connectivity index (χ3v) is 6.25. The first-order chi connectivity index (χ1) is 11.2. The van der Waals surface area contributed by atoms with Crippen LogP contribution in [0.4, 0.5) is 0 Å². The van der Waals surface area contributed by atoms with Crippen molar-refractivity contribution in [2.75, 3.05) is 13.7 Å². The summed E-state index contributed by atoms with van der Waals surface area (Å²) in [5.41, 5.74) is 2.49. The van der Waals surface area contributed by atoms with E-state index in [1.807, 2.05) is 37.3 Å². The van der Waals surface area contributed by atoms with Gasteiger partial charge in [0, 0.05) is 0 Å². The molecule has 0 saturated carbocycles. The Morgan fingerprint density at radius 3 is 2.39 bits per heavy atom. The molecule has 23 heavy (non-hydrogen) atoms. The second-order valence-electron chi connectivity index (χ2n) is 5.07. The molecule has 122 valence electrons. The van der Waals surface area contributed by atoms with E-state index in [9.17, 15) is 4.79 Å². The first-order valence-corrected chi connectivity index (χ1v) is 9.88. The Morgan fingerprint density at radius 1 is 1.09 bits per heavy atom. The molecule has 2 aromatic carbocycles. The summed E-state index contributed by atoms with van der Waals surface area (Å²) in [6, 6.07) is 18.4. The molecule has 0 aliphatic heterocycles. The van der Waals surface area contributed by atoms with E-state index in [-0.39, 0.29) is 25.7 Å². The molecule has 0 saturated heterocycles. The van der Waals surface area contributed by atoms with E-state index in [4.69, 9.17) is 9.47 Å². The van der Waals surface area contributed by atoms with Crippen molar-refractivity contribution in [1.82, 2.24) is 0 Å². The molecule has 0 radical (unpaired) electrons. The Hall–Kier alpha value is -1.77. The molecule has 0 aromatic heterocycles. The maximum absolute atomic E-state index is 11.9. The summed E-state index contributed by atoms with van der Waals surface area (Å²) in [6.07, 6.45) is 0.452. The van der Waals surface area contributed by atoms with Gasteiger partial charge in [-0.05, 0) is 0 Å². The standard InChI is InChI=1S/C19H22O3Se/c1-3-22-19(20)13-18(16-7-5-4-6-8-16)23-14-15-9-11-17(21-2)12-10-15/h4-12,18H,3,13-14H2,1-2H3. The predicted molar refractivity (Wildman–Crippen MR) is 92.9 cm³/mol. The molecule has 0 fully saturated rings. The number of carbonyl (C=O) groups excluding carboxylic acids is 1. The quantitative estimate of drug-likeness (QED) is 0.521. The Morgan fingerprint density at radius 2 is 1.78 bits per heavy atom. The predicted octanol–water partition coefficient (Wildman–Crippen LogP) is 3.59. The van der Waals surface area contributed by atoms with E-state index in [0.29, 0.717) is 13.0 Å². The van der Waals surface area contributed by atoms with Crippen LogP contribution in [0.15, 0.2) is 54.6 Å². The van der Waals surface area contributed by atoms with Gasteiger partial charge in [0.2, 0.25) is 0 Å². The van der Waals surface area contributed by atoms with Crippen LogP contribution in [0, 0.1) is 0 Å². The van der Waals surface area contributed by atoms with E-state index < -0.39 is 0 Å². The van der Waals surface area contributed by atoms with Crippen molar-refractivity contribution in [3.05, 3.63) is 65.7 Å². The van der Waals surface area contributed by atoms with Gasteiger partial charge in [-0.3, -0.25) is 0 Å². The third kappa shape index (κ3) is 5.74. The molecule has 0 aliphatic rings. The van der Waals surface area contributed by atoms with Gasteiger partial charge in [-0.1, -0.05) is 0 Å². The Balaban J connectivity index is 2.03. The summed E-state index contributed by atoms with van der Waals surface area (Å²) >= 11 is 0.280. The zero-order valence-electron chi connectivity index (χ0n) is 13.5. The van der Waals surface area contributed by atoms with Gasteiger partial charge in [0.25, 0.3) is 0 Å². The summed E-state index contributed by atoms with van der Waals surface area (Å²) in [7, 11) is 1.67. The molecule has 0 spiro atoms. The second kappa shape index (κ2) is 9.39. The Kier molecular flexibility index (Phi) is 7.18. The van der Waals surface area contributed by atoms with Gasteiger partial charge in [-0.25, -0.2) is 0 Å². The second-order valence-corrected chi connectivity index (χ2v) is 7.57. The molecule has 2 rings (SSSR count). The summed E-state index contributed by atoms with van der Waals surface area (Å²) in [4.78, 5) is 12.1. The van der Waals surface area contributed by atoms with Crippen LogP contribution in [-0.2, 0) is 14.9 Å². The average molecular weight is 377 g/mol. The molecule has 0 heterocycles. The van der Waals surface area contributed by atoms with Gasteiger partial charge in [-0.2, -0.15) is 0 Å². The van der Waals surface area contributed by atoms with Crippen LogP contribution < -0.4 is 4.74 Å². The molecule has 2 aromatic rings. The van der Waals surface area contributed by atoms with Crippen LogP contribution in [0.25, 0.3) is 0 Å². The van der Waals surface area contributed by atoms with Crippen molar-refractivity contribution in [2.24, 2.45) is 0 Å². The number of hydrogen-bond donors (Lipinski definition) is 0. The SMILES string of the molecule is CCOC(=O)CC([Se]Cc1ccc(OC)cc1)c1ccccc1. The van der Waals surface area contributed by atoms with Gasteiger partial charge >= 0.3 is 144 Å².